The molecule has 150 valence electrons. The average Bonchev–Trinajstić information content (AvgIpc) is 2.55. The summed E-state index contributed by atoms with van der Waals surface area (Å²) in [6, 6.07) is 6.85. The van der Waals surface area contributed by atoms with Crippen molar-refractivity contribution in [1.29, 1.82) is 0 Å². The Morgan fingerprint density at radius 2 is 1.63 bits per heavy atom. The minimum Gasteiger partial charge on any atom is -0.375 e. The second-order valence-corrected chi connectivity index (χ2v) is 7.45. The van der Waals surface area contributed by atoms with Gasteiger partial charge >= 0.3 is 0 Å². The summed E-state index contributed by atoms with van der Waals surface area (Å²) >= 11 is 0. The second-order valence-electron chi connectivity index (χ2n) is 7.45. The largest absolute Gasteiger partial charge is 0.375 e. The maximum atomic E-state index is 12.9. The van der Waals surface area contributed by atoms with Crippen molar-refractivity contribution in [2.45, 2.75) is 45.9 Å². The fourth-order valence-electron chi connectivity index (χ4n) is 3.52. The third kappa shape index (κ3) is 6.30. The molecule has 1 aromatic carbocycles. The summed E-state index contributed by atoms with van der Waals surface area (Å²) < 4.78 is 10.6. The first-order chi connectivity index (χ1) is 12.8. The fourth-order valence-corrected chi connectivity index (χ4v) is 3.52. The van der Waals surface area contributed by atoms with E-state index in [4.69, 9.17) is 9.47 Å². The number of nitrogens with zero attached hydrogens (tertiary/aromatic N) is 1. The van der Waals surface area contributed by atoms with E-state index in [0.717, 1.165) is 13.1 Å². The van der Waals surface area contributed by atoms with E-state index in [2.05, 4.69) is 29.4 Å². The number of hydrogen-bond acceptors (Lipinski definition) is 5. The van der Waals surface area contributed by atoms with Crippen molar-refractivity contribution in [3.8, 4) is 0 Å². The van der Waals surface area contributed by atoms with Gasteiger partial charge in [-0.1, -0.05) is 13.8 Å². The molecular weight excluding hydrogens is 346 g/mol. The first-order valence-corrected chi connectivity index (χ1v) is 9.39. The van der Waals surface area contributed by atoms with Crippen LogP contribution in [-0.4, -0.2) is 61.8 Å². The predicted octanol–water partition coefficient (Wildman–Crippen LogP) is 2.34. The minimum atomic E-state index is -0.222. The summed E-state index contributed by atoms with van der Waals surface area (Å²) in [5, 5.41) is 5.72. The van der Waals surface area contributed by atoms with Gasteiger partial charge < -0.3 is 20.1 Å². The molecule has 1 aromatic rings. The van der Waals surface area contributed by atoms with Crippen LogP contribution in [0.3, 0.4) is 0 Å². The molecule has 1 fully saturated rings. The van der Waals surface area contributed by atoms with Gasteiger partial charge in [0.15, 0.2) is 0 Å². The molecule has 2 amide bonds. The zero-order chi connectivity index (χ0) is 20.0. The van der Waals surface area contributed by atoms with Gasteiger partial charge in [-0.25, -0.2) is 0 Å². The lowest BCUT2D eigenvalue weighted by atomic mass is 9.99. The minimum absolute atomic E-state index is 0.00491. The quantitative estimate of drug-likeness (QED) is 0.762. The average molecular weight is 377 g/mol. The smallest absolute Gasteiger partial charge is 0.250 e. The van der Waals surface area contributed by atoms with E-state index >= 15 is 0 Å². The van der Waals surface area contributed by atoms with Gasteiger partial charge in [-0.3, -0.25) is 14.5 Å². The standard InChI is InChI=1S/C20H31N3O4/c1-13(2)19(23-10-14(3)27-15(4)11-23)20(25)22-17-8-6-16(7-9-17)21-18(24)12-26-5/h6-9,13-15,19H,10-12H2,1-5H3,(H,21,24)(H,22,25)/t14-,15-,19+/m1/s1. The number of rotatable bonds is 7. The highest BCUT2D eigenvalue weighted by Gasteiger charge is 2.34. The molecule has 1 aliphatic heterocycles. The summed E-state index contributed by atoms with van der Waals surface area (Å²) in [6.07, 6.45) is 0.218. The normalized spacial score (nSPS) is 21.7. The fraction of sp³-hybridized carbons (Fsp3) is 0.600. The molecule has 1 heterocycles. The van der Waals surface area contributed by atoms with Gasteiger partial charge in [0, 0.05) is 31.6 Å². The first-order valence-electron chi connectivity index (χ1n) is 9.39. The Morgan fingerprint density at radius 3 is 2.11 bits per heavy atom. The van der Waals surface area contributed by atoms with Crippen LogP contribution >= 0.6 is 0 Å². The molecule has 0 bridgehead atoms. The van der Waals surface area contributed by atoms with Crippen LogP contribution in [0.1, 0.15) is 27.7 Å². The molecule has 2 rings (SSSR count). The summed E-state index contributed by atoms with van der Waals surface area (Å²) in [6.45, 7) is 9.68. The molecule has 1 saturated heterocycles. The molecule has 0 unspecified atom stereocenters. The van der Waals surface area contributed by atoms with Crippen LogP contribution in [0.2, 0.25) is 0 Å². The SMILES string of the molecule is COCC(=O)Nc1ccc(NC(=O)[C@H](C(C)C)N2C[C@@H](C)O[C@H](C)C2)cc1. The first kappa shape index (κ1) is 21.3. The summed E-state index contributed by atoms with van der Waals surface area (Å²) in [5.74, 6) is -0.0673. The predicted molar refractivity (Wildman–Crippen MR) is 106 cm³/mol. The highest BCUT2D eigenvalue weighted by molar-refractivity contribution is 5.96. The Hall–Kier alpha value is -1.96. The van der Waals surface area contributed by atoms with E-state index < -0.39 is 0 Å². The summed E-state index contributed by atoms with van der Waals surface area (Å²) in [4.78, 5) is 26.7. The lowest BCUT2D eigenvalue weighted by Gasteiger charge is -2.41. The molecule has 0 aliphatic carbocycles. The number of carbonyl (C=O) groups excluding carboxylic acids is 2. The molecule has 2 N–H and O–H groups in total. The third-order valence-electron chi connectivity index (χ3n) is 4.45. The van der Waals surface area contributed by atoms with Crippen LogP contribution in [0.15, 0.2) is 24.3 Å². The van der Waals surface area contributed by atoms with Gasteiger partial charge in [0.05, 0.1) is 18.2 Å². The molecule has 3 atom stereocenters. The number of morpholine rings is 1. The van der Waals surface area contributed by atoms with Crippen molar-refractivity contribution in [3.63, 3.8) is 0 Å². The van der Waals surface area contributed by atoms with Gasteiger partial charge in [0.2, 0.25) is 11.8 Å². The molecule has 7 heteroatoms. The molecule has 0 radical (unpaired) electrons. The number of nitrogens with one attached hydrogen (secondary N) is 2. The van der Waals surface area contributed by atoms with E-state index in [1.807, 2.05) is 13.8 Å². The van der Waals surface area contributed by atoms with Crippen molar-refractivity contribution >= 4 is 23.2 Å². The Labute approximate surface area is 161 Å². The number of anilines is 2. The van der Waals surface area contributed by atoms with Crippen LogP contribution < -0.4 is 10.6 Å². The Morgan fingerprint density at radius 1 is 1.11 bits per heavy atom. The number of benzene rings is 1. The Bertz CT molecular complexity index is 623. The van der Waals surface area contributed by atoms with Gasteiger partial charge in [-0.15, -0.1) is 0 Å². The molecule has 1 aliphatic rings. The molecule has 0 aromatic heterocycles. The van der Waals surface area contributed by atoms with Crippen molar-refractivity contribution in [1.82, 2.24) is 4.90 Å². The third-order valence-corrected chi connectivity index (χ3v) is 4.45. The van der Waals surface area contributed by atoms with E-state index in [9.17, 15) is 9.59 Å². The van der Waals surface area contributed by atoms with Crippen molar-refractivity contribution in [2.75, 3.05) is 37.4 Å². The van der Waals surface area contributed by atoms with E-state index in [1.54, 1.807) is 24.3 Å². The molecule has 0 spiro atoms. The molecule has 7 nitrogen and oxygen atoms in total. The lowest BCUT2D eigenvalue weighted by molar-refractivity contribution is -0.130. The lowest BCUT2D eigenvalue weighted by Crippen LogP contribution is -2.55. The van der Waals surface area contributed by atoms with Crippen LogP contribution in [0.25, 0.3) is 0 Å². The van der Waals surface area contributed by atoms with Gasteiger partial charge in [0.1, 0.15) is 6.61 Å². The van der Waals surface area contributed by atoms with Gasteiger partial charge in [-0.05, 0) is 44.0 Å². The van der Waals surface area contributed by atoms with Crippen molar-refractivity contribution in [3.05, 3.63) is 24.3 Å². The topological polar surface area (TPSA) is 79.9 Å². The van der Waals surface area contributed by atoms with Gasteiger partial charge in [-0.2, -0.15) is 0 Å². The van der Waals surface area contributed by atoms with Crippen LogP contribution in [0.4, 0.5) is 11.4 Å². The highest BCUT2D eigenvalue weighted by Crippen LogP contribution is 2.21. The number of carbonyl (C=O) groups is 2. The molecule has 0 saturated carbocycles. The second kappa shape index (κ2) is 9.82. The van der Waals surface area contributed by atoms with E-state index in [-0.39, 0.29) is 42.6 Å². The van der Waals surface area contributed by atoms with Crippen LogP contribution in [0, 0.1) is 5.92 Å². The van der Waals surface area contributed by atoms with Crippen LogP contribution in [0.5, 0.6) is 0 Å². The maximum absolute atomic E-state index is 12.9. The summed E-state index contributed by atoms with van der Waals surface area (Å²) in [5.41, 5.74) is 1.36. The zero-order valence-electron chi connectivity index (χ0n) is 16.8. The molecular formula is C20H31N3O4. The van der Waals surface area contributed by atoms with Crippen molar-refractivity contribution in [2.24, 2.45) is 5.92 Å². The van der Waals surface area contributed by atoms with Crippen molar-refractivity contribution < 1.29 is 19.1 Å². The number of ether oxygens (including phenoxy) is 2. The Kier molecular flexibility index (Phi) is 7.77. The van der Waals surface area contributed by atoms with Crippen LogP contribution in [-0.2, 0) is 19.1 Å². The summed E-state index contributed by atoms with van der Waals surface area (Å²) in [7, 11) is 1.47. The highest BCUT2D eigenvalue weighted by atomic mass is 16.5. The molecule has 27 heavy (non-hydrogen) atoms. The zero-order valence-corrected chi connectivity index (χ0v) is 16.8. The monoisotopic (exact) mass is 377 g/mol. The maximum Gasteiger partial charge on any atom is 0.250 e. The van der Waals surface area contributed by atoms with Gasteiger partial charge in [0.25, 0.3) is 0 Å². The number of hydrogen-bond donors (Lipinski definition) is 2. The van der Waals surface area contributed by atoms with E-state index in [1.165, 1.54) is 7.11 Å². The Balaban J connectivity index is 2.01. The number of methoxy groups -OCH3 is 1. The number of amides is 2. The van der Waals surface area contributed by atoms with E-state index in [0.29, 0.717) is 11.4 Å².